The molecular weight excluding hydrogens is 232 g/mol. The number of nitrogens with one attached hydrogen (secondary N) is 1. The highest BCUT2D eigenvalue weighted by Crippen LogP contribution is 2.17. The van der Waals surface area contributed by atoms with E-state index in [4.69, 9.17) is 10.8 Å². The minimum atomic E-state index is -1.09. The molecule has 1 unspecified atom stereocenters. The molecule has 1 amide bonds. The molecule has 18 heavy (non-hydrogen) atoms. The summed E-state index contributed by atoms with van der Waals surface area (Å²) in [6.07, 6.45) is -0.379. The fourth-order valence-corrected chi connectivity index (χ4v) is 1.47. The van der Waals surface area contributed by atoms with E-state index in [0.717, 1.165) is 0 Å². The Balaban J connectivity index is 2.62. The summed E-state index contributed by atoms with van der Waals surface area (Å²) in [5.41, 5.74) is 7.24. The Labute approximate surface area is 106 Å². The standard InChI is InChI=1S/C13H18N2O3/c1-8(2)9-3-5-10(6-4-9)15-13(18)11(14)7-12(16)17/h3-6,8,11H,7,14H2,1-2H3,(H,15,18)(H,16,17). The summed E-state index contributed by atoms with van der Waals surface area (Å²) in [6.45, 7) is 4.16. The molecule has 0 aromatic heterocycles. The van der Waals surface area contributed by atoms with Crippen LogP contribution in [0.3, 0.4) is 0 Å². The molecule has 98 valence electrons. The molecule has 1 aromatic rings. The topological polar surface area (TPSA) is 92.4 Å². The Morgan fingerprint density at radius 1 is 1.28 bits per heavy atom. The molecule has 0 saturated heterocycles. The van der Waals surface area contributed by atoms with E-state index in [1.54, 1.807) is 12.1 Å². The number of carboxylic acid groups (broad SMARTS) is 1. The number of anilines is 1. The normalized spacial score (nSPS) is 12.2. The maximum absolute atomic E-state index is 11.6. The lowest BCUT2D eigenvalue weighted by Gasteiger charge is -2.11. The number of aliphatic carboxylic acids is 1. The van der Waals surface area contributed by atoms with Gasteiger partial charge in [0.2, 0.25) is 5.91 Å². The van der Waals surface area contributed by atoms with Gasteiger partial charge in [-0.3, -0.25) is 9.59 Å². The van der Waals surface area contributed by atoms with Crippen molar-refractivity contribution in [2.24, 2.45) is 5.73 Å². The molecule has 5 heteroatoms. The molecule has 0 aliphatic carbocycles. The lowest BCUT2D eigenvalue weighted by atomic mass is 10.0. The molecule has 0 aliphatic rings. The van der Waals surface area contributed by atoms with Crippen LogP contribution in [0, 0.1) is 0 Å². The van der Waals surface area contributed by atoms with Gasteiger partial charge in [-0.15, -0.1) is 0 Å². The van der Waals surface area contributed by atoms with E-state index >= 15 is 0 Å². The second kappa shape index (κ2) is 6.16. The summed E-state index contributed by atoms with van der Waals surface area (Å²) in [5, 5.41) is 11.1. The van der Waals surface area contributed by atoms with Gasteiger partial charge < -0.3 is 16.2 Å². The summed E-state index contributed by atoms with van der Waals surface area (Å²) < 4.78 is 0. The Kier molecular flexibility index (Phi) is 4.85. The van der Waals surface area contributed by atoms with Gasteiger partial charge in [0.1, 0.15) is 0 Å². The summed E-state index contributed by atoms with van der Waals surface area (Å²) in [5.74, 6) is -1.16. The highest BCUT2D eigenvalue weighted by atomic mass is 16.4. The van der Waals surface area contributed by atoms with E-state index in [1.807, 2.05) is 12.1 Å². The molecule has 4 N–H and O–H groups in total. The average Bonchev–Trinajstić information content (AvgIpc) is 2.28. The van der Waals surface area contributed by atoms with Crippen LogP contribution in [0.15, 0.2) is 24.3 Å². The number of carbonyl (C=O) groups excluding carboxylic acids is 1. The monoisotopic (exact) mass is 250 g/mol. The number of carbonyl (C=O) groups is 2. The Hall–Kier alpha value is -1.88. The molecular formula is C13H18N2O3. The van der Waals surface area contributed by atoms with Crippen LogP contribution in [-0.2, 0) is 9.59 Å². The fourth-order valence-electron chi connectivity index (χ4n) is 1.47. The number of nitrogens with two attached hydrogens (primary N) is 1. The molecule has 0 fully saturated rings. The second-order valence-corrected chi connectivity index (χ2v) is 4.47. The molecule has 0 bridgehead atoms. The van der Waals surface area contributed by atoms with Crippen LogP contribution in [0.5, 0.6) is 0 Å². The van der Waals surface area contributed by atoms with Crippen molar-refractivity contribution in [3.8, 4) is 0 Å². The molecule has 0 aliphatic heterocycles. The minimum absolute atomic E-state index is 0.379. The highest BCUT2D eigenvalue weighted by molar-refractivity contribution is 5.96. The van der Waals surface area contributed by atoms with Crippen LogP contribution >= 0.6 is 0 Å². The largest absolute Gasteiger partial charge is 0.481 e. The van der Waals surface area contributed by atoms with E-state index in [9.17, 15) is 9.59 Å². The van der Waals surface area contributed by atoms with Crippen molar-refractivity contribution in [1.29, 1.82) is 0 Å². The van der Waals surface area contributed by atoms with Crippen molar-refractivity contribution in [1.82, 2.24) is 0 Å². The molecule has 0 spiro atoms. The average molecular weight is 250 g/mol. The number of benzene rings is 1. The van der Waals surface area contributed by atoms with E-state index in [0.29, 0.717) is 11.6 Å². The molecule has 5 nitrogen and oxygen atoms in total. The van der Waals surface area contributed by atoms with Gasteiger partial charge in [-0.25, -0.2) is 0 Å². The molecule has 1 rings (SSSR count). The first kappa shape index (κ1) is 14.2. The molecule has 0 radical (unpaired) electrons. The van der Waals surface area contributed by atoms with E-state index in [1.165, 1.54) is 5.56 Å². The van der Waals surface area contributed by atoms with Gasteiger partial charge in [0.05, 0.1) is 12.5 Å². The lowest BCUT2D eigenvalue weighted by molar-refractivity contribution is -0.138. The third-order valence-corrected chi connectivity index (χ3v) is 2.58. The summed E-state index contributed by atoms with van der Waals surface area (Å²) in [4.78, 5) is 22.0. The minimum Gasteiger partial charge on any atom is -0.481 e. The predicted octanol–water partition coefficient (Wildman–Crippen LogP) is 1.55. The fraction of sp³-hybridized carbons (Fsp3) is 0.385. The van der Waals surface area contributed by atoms with Crippen LogP contribution in [0.4, 0.5) is 5.69 Å². The number of hydrogen-bond acceptors (Lipinski definition) is 3. The van der Waals surface area contributed by atoms with Crippen LogP contribution in [0.2, 0.25) is 0 Å². The van der Waals surface area contributed by atoms with Gasteiger partial charge in [0, 0.05) is 5.69 Å². The zero-order valence-corrected chi connectivity index (χ0v) is 10.5. The first-order valence-electron chi connectivity index (χ1n) is 5.78. The SMILES string of the molecule is CC(C)c1ccc(NC(=O)C(N)CC(=O)O)cc1. The van der Waals surface area contributed by atoms with Crippen molar-refractivity contribution < 1.29 is 14.7 Å². The number of amides is 1. The summed E-state index contributed by atoms with van der Waals surface area (Å²) in [6, 6.07) is 6.36. The lowest BCUT2D eigenvalue weighted by Crippen LogP contribution is -2.37. The molecule has 0 saturated carbocycles. The highest BCUT2D eigenvalue weighted by Gasteiger charge is 2.16. The van der Waals surface area contributed by atoms with E-state index < -0.39 is 17.9 Å². The van der Waals surface area contributed by atoms with E-state index in [2.05, 4.69) is 19.2 Å². The molecule has 1 aromatic carbocycles. The van der Waals surface area contributed by atoms with Crippen molar-refractivity contribution in [2.45, 2.75) is 32.2 Å². The zero-order valence-electron chi connectivity index (χ0n) is 10.5. The third-order valence-electron chi connectivity index (χ3n) is 2.58. The Morgan fingerprint density at radius 2 is 1.83 bits per heavy atom. The first-order chi connectivity index (χ1) is 8.40. The van der Waals surface area contributed by atoms with Crippen LogP contribution in [0.1, 0.15) is 31.7 Å². The Morgan fingerprint density at radius 3 is 2.28 bits per heavy atom. The van der Waals surface area contributed by atoms with Crippen LogP contribution < -0.4 is 11.1 Å². The van der Waals surface area contributed by atoms with Gasteiger partial charge in [0.25, 0.3) is 0 Å². The number of hydrogen-bond donors (Lipinski definition) is 3. The predicted molar refractivity (Wildman–Crippen MR) is 69.4 cm³/mol. The quantitative estimate of drug-likeness (QED) is 0.739. The van der Waals surface area contributed by atoms with Gasteiger partial charge in [-0.2, -0.15) is 0 Å². The zero-order chi connectivity index (χ0) is 13.7. The van der Waals surface area contributed by atoms with Crippen molar-refractivity contribution in [3.63, 3.8) is 0 Å². The second-order valence-electron chi connectivity index (χ2n) is 4.47. The van der Waals surface area contributed by atoms with Crippen molar-refractivity contribution in [2.75, 3.05) is 5.32 Å². The van der Waals surface area contributed by atoms with E-state index in [-0.39, 0.29) is 6.42 Å². The first-order valence-corrected chi connectivity index (χ1v) is 5.78. The summed E-state index contributed by atoms with van der Waals surface area (Å²) >= 11 is 0. The maximum Gasteiger partial charge on any atom is 0.305 e. The van der Waals surface area contributed by atoms with Crippen LogP contribution in [-0.4, -0.2) is 23.0 Å². The van der Waals surface area contributed by atoms with Crippen molar-refractivity contribution in [3.05, 3.63) is 29.8 Å². The third kappa shape index (κ3) is 4.18. The van der Waals surface area contributed by atoms with Crippen molar-refractivity contribution >= 4 is 17.6 Å². The van der Waals surface area contributed by atoms with Crippen LogP contribution in [0.25, 0.3) is 0 Å². The number of rotatable bonds is 5. The number of carboxylic acids is 1. The maximum atomic E-state index is 11.6. The van der Waals surface area contributed by atoms with Gasteiger partial charge in [-0.05, 0) is 23.6 Å². The molecule has 1 atom stereocenters. The van der Waals surface area contributed by atoms with Gasteiger partial charge in [-0.1, -0.05) is 26.0 Å². The molecule has 0 heterocycles. The van der Waals surface area contributed by atoms with Gasteiger partial charge >= 0.3 is 5.97 Å². The smallest absolute Gasteiger partial charge is 0.305 e. The summed E-state index contributed by atoms with van der Waals surface area (Å²) in [7, 11) is 0. The Bertz CT molecular complexity index is 426. The van der Waals surface area contributed by atoms with Gasteiger partial charge in [0.15, 0.2) is 0 Å².